The fraction of sp³-hybridized carbons (Fsp3) is 0.130. The highest BCUT2D eigenvalue weighted by Gasteiger charge is 2.05. The molecule has 0 heteroatoms. The second-order valence-electron chi connectivity index (χ2n) is 6.26. The third kappa shape index (κ3) is 2.73. The van der Waals surface area contributed by atoms with Crippen molar-refractivity contribution in [3.8, 4) is 0 Å². The van der Waals surface area contributed by atoms with Crippen molar-refractivity contribution in [2.24, 2.45) is 0 Å². The van der Waals surface area contributed by atoms with Crippen molar-refractivity contribution < 1.29 is 0 Å². The average Bonchev–Trinajstić information content (AvgIpc) is 2.60. The maximum absolute atomic E-state index is 2.36. The van der Waals surface area contributed by atoms with E-state index in [2.05, 4.69) is 85.8 Å². The fourth-order valence-corrected chi connectivity index (χ4v) is 3.45. The van der Waals surface area contributed by atoms with Crippen molar-refractivity contribution in [2.75, 3.05) is 0 Å². The van der Waals surface area contributed by atoms with Crippen LogP contribution in [0, 0.1) is 6.92 Å². The summed E-state index contributed by atoms with van der Waals surface area (Å²) in [5.74, 6) is 0. The predicted octanol–water partition coefficient (Wildman–Crippen LogP) is 6.09. The molecule has 0 aliphatic rings. The van der Waals surface area contributed by atoms with E-state index < -0.39 is 0 Å². The highest BCUT2D eigenvalue weighted by molar-refractivity contribution is 5.86. The van der Waals surface area contributed by atoms with Crippen molar-refractivity contribution >= 4 is 21.5 Å². The lowest BCUT2D eigenvalue weighted by atomic mass is 9.95. The van der Waals surface area contributed by atoms with E-state index in [1.54, 1.807) is 0 Å². The molecule has 4 rings (SSSR count). The Balaban J connectivity index is 1.67. The van der Waals surface area contributed by atoms with Gasteiger partial charge in [-0.25, -0.2) is 0 Å². The van der Waals surface area contributed by atoms with Crippen molar-refractivity contribution in [2.45, 2.75) is 19.8 Å². The van der Waals surface area contributed by atoms with Crippen LogP contribution in [0.5, 0.6) is 0 Å². The van der Waals surface area contributed by atoms with Crippen molar-refractivity contribution in [3.05, 3.63) is 95.6 Å². The summed E-state index contributed by atoms with van der Waals surface area (Å²) in [5, 5.41) is 5.39. The van der Waals surface area contributed by atoms with Crippen LogP contribution in [-0.2, 0) is 12.8 Å². The number of aryl methyl sites for hydroxylation is 3. The number of rotatable bonds is 3. The molecule has 4 aromatic carbocycles. The van der Waals surface area contributed by atoms with Gasteiger partial charge in [-0.3, -0.25) is 0 Å². The molecular weight excluding hydrogens is 276 g/mol. The lowest BCUT2D eigenvalue weighted by molar-refractivity contribution is 0.960. The lowest BCUT2D eigenvalue weighted by Gasteiger charge is -2.10. The minimum Gasteiger partial charge on any atom is -0.0616 e. The molecule has 0 amide bonds. The van der Waals surface area contributed by atoms with Gasteiger partial charge in [-0.1, -0.05) is 78.9 Å². The van der Waals surface area contributed by atoms with Crippen LogP contribution in [0.1, 0.15) is 16.7 Å². The minimum atomic E-state index is 1.08. The van der Waals surface area contributed by atoms with E-state index in [4.69, 9.17) is 0 Å². The SMILES string of the molecule is Cc1cc2ccccc2cc1CCc1cccc2ccccc12. The fourth-order valence-electron chi connectivity index (χ4n) is 3.45. The molecule has 23 heavy (non-hydrogen) atoms. The molecule has 0 aromatic heterocycles. The molecule has 4 aromatic rings. The van der Waals surface area contributed by atoms with Gasteiger partial charge in [0.05, 0.1) is 0 Å². The highest BCUT2D eigenvalue weighted by atomic mass is 14.1. The minimum absolute atomic E-state index is 1.08. The van der Waals surface area contributed by atoms with Gasteiger partial charge in [-0.15, -0.1) is 0 Å². The Morgan fingerprint density at radius 1 is 0.565 bits per heavy atom. The molecule has 0 saturated heterocycles. The van der Waals surface area contributed by atoms with Gasteiger partial charge in [-0.05, 0) is 58.0 Å². The molecule has 0 saturated carbocycles. The van der Waals surface area contributed by atoms with Crippen LogP contribution in [0.2, 0.25) is 0 Å². The van der Waals surface area contributed by atoms with Gasteiger partial charge >= 0.3 is 0 Å². The smallest absolute Gasteiger partial charge is 0.0152 e. The van der Waals surface area contributed by atoms with E-state index in [1.165, 1.54) is 38.2 Å². The lowest BCUT2D eigenvalue weighted by Crippen LogP contribution is -1.95. The van der Waals surface area contributed by atoms with E-state index in [9.17, 15) is 0 Å². The molecule has 0 bridgehead atoms. The van der Waals surface area contributed by atoms with Gasteiger partial charge < -0.3 is 0 Å². The maximum atomic E-state index is 2.36. The molecule has 0 N–H and O–H groups in total. The summed E-state index contributed by atoms with van der Waals surface area (Å²) in [5.41, 5.74) is 4.29. The average molecular weight is 296 g/mol. The van der Waals surface area contributed by atoms with Crippen LogP contribution >= 0.6 is 0 Å². The molecule has 0 aliphatic carbocycles. The zero-order valence-electron chi connectivity index (χ0n) is 13.4. The molecule has 0 aliphatic heterocycles. The van der Waals surface area contributed by atoms with E-state index in [1.807, 2.05) is 0 Å². The maximum Gasteiger partial charge on any atom is -0.0152 e. The van der Waals surface area contributed by atoms with Crippen LogP contribution in [0.3, 0.4) is 0 Å². The first kappa shape index (κ1) is 14.0. The van der Waals surface area contributed by atoms with Gasteiger partial charge in [-0.2, -0.15) is 0 Å². The summed E-state index contributed by atoms with van der Waals surface area (Å²) in [4.78, 5) is 0. The quantitative estimate of drug-likeness (QED) is 0.429. The van der Waals surface area contributed by atoms with Crippen LogP contribution in [0.15, 0.2) is 78.9 Å². The molecule has 0 unspecified atom stereocenters. The number of hydrogen-bond acceptors (Lipinski definition) is 0. The second-order valence-corrected chi connectivity index (χ2v) is 6.26. The molecule has 0 radical (unpaired) electrons. The summed E-state index contributed by atoms with van der Waals surface area (Å²) in [6.45, 7) is 2.23. The molecular formula is C23H20. The molecule has 112 valence electrons. The third-order valence-corrected chi connectivity index (χ3v) is 4.75. The normalized spacial score (nSPS) is 11.2. The largest absolute Gasteiger partial charge is 0.0616 e. The van der Waals surface area contributed by atoms with Gasteiger partial charge in [0, 0.05) is 0 Å². The van der Waals surface area contributed by atoms with Gasteiger partial charge in [0.15, 0.2) is 0 Å². The summed E-state index contributed by atoms with van der Waals surface area (Å²) < 4.78 is 0. The Bertz CT molecular complexity index is 974. The van der Waals surface area contributed by atoms with Crippen LogP contribution in [0.4, 0.5) is 0 Å². The summed E-state index contributed by atoms with van der Waals surface area (Å²) in [7, 11) is 0. The van der Waals surface area contributed by atoms with Crippen molar-refractivity contribution in [3.63, 3.8) is 0 Å². The number of benzene rings is 4. The van der Waals surface area contributed by atoms with E-state index in [-0.39, 0.29) is 0 Å². The summed E-state index contributed by atoms with van der Waals surface area (Å²) >= 11 is 0. The van der Waals surface area contributed by atoms with Gasteiger partial charge in [0.2, 0.25) is 0 Å². The van der Waals surface area contributed by atoms with E-state index in [0.29, 0.717) is 0 Å². The molecule has 0 atom stereocenters. The van der Waals surface area contributed by atoms with E-state index >= 15 is 0 Å². The Morgan fingerprint density at radius 3 is 2.00 bits per heavy atom. The number of fused-ring (bicyclic) bond motifs is 2. The predicted molar refractivity (Wildman–Crippen MR) is 100 cm³/mol. The molecule has 0 fully saturated rings. The second kappa shape index (κ2) is 5.89. The Kier molecular flexibility index (Phi) is 3.59. The topological polar surface area (TPSA) is 0 Å². The highest BCUT2D eigenvalue weighted by Crippen LogP contribution is 2.23. The Labute approximate surface area is 137 Å². The molecule has 0 nitrogen and oxygen atoms in total. The zero-order valence-corrected chi connectivity index (χ0v) is 13.4. The van der Waals surface area contributed by atoms with Gasteiger partial charge in [0.25, 0.3) is 0 Å². The monoisotopic (exact) mass is 296 g/mol. The standard InChI is InChI=1S/C23H20/c1-17-15-21-8-2-3-9-22(21)16-20(17)14-13-19-11-6-10-18-7-4-5-12-23(18)19/h2-12,15-16H,13-14H2,1H3. The summed E-state index contributed by atoms with van der Waals surface area (Å²) in [6, 6.07) is 28.6. The Morgan fingerprint density at radius 2 is 1.17 bits per heavy atom. The first-order chi connectivity index (χ1) is 11.3. The van der Waals surface area contributed by atoms with E-state index in [0.717, 1.165) is 12.8 Å². The van der Waals surface area contributed by atoms with Crippen LogP contribution in [0.25, 0.3) is 21.5 Å². The van der Waals surface area contributed by atoms with Gasteiger partial charge in [0.1, 0.15) is 0 Å². The molecule has 0 heterocycles. The van der Waals surface area contributed by atoms with Crippen molar-refractivity contribution in [1.29, 1.82) is 0 Å². The summed E-state index contributed by atoms with van der Waals surface area (Å²) in [6.07, 6.45) is 2.17. The zero-order chi connectivity index (χ0) is 15.6. The van der Waals surface area contributed by atoms with Crippen LogP contribution in [-0.4, -0.2) is 0 Å². The number of hydrogen-bond donors (Lipinski definition) is 0. The molecule has 0 spiro atoms. The Hall–Kier alpha value is -2.60. The third-order valence-electron chi connectivity index (χ3n) is 4.75. The first-order valence-corrected chi connectivity index (χ1v) is 8.26. The first-order valence-electron chi connectivity index (χ1n) is 8.26. The van der Waals surface area contributed by atoms with Crippen molar-refractivity contribution in [1.82, 2.24) is 0 Å². The van der Waals surface area contributed by atoms with Crippen LogP contribution < -0.4 is 0 Å².